The van der Waals surface area contributed by atoms with Crippen LogP contribution in [0.5, 0.6) is 0 Å². The van der Waals surface area contributed by atoms with Gasteiger partial charge in [-0.25, -0.2) is 9.97 Å². The van der Waals surface area contributed by atoms with E-state index in [0.29, 0.717) is 26.1 Å². The van der Waals surface area contributed by atoms with E-state index in [4.69, 9.17) is 10.5 Å². The van der Waals surface area contributed by atoms with Gasteiger partial charge in [0.15, 0.2) is 0 Å². The van der Waals surface area contributed by atoms with Gasteiger partial charge in [0.2, 0.25) is 11.9 Å². The minimum atomic E-state index is -0.656. The Hall–Kier alpha value is -4.03. The summed E-state index contributed by atoms with van der Waals surface area (Å²) in [5.74, 6) is 0.235. The first-order valence-electron chi connectivity index (χ1n) is 11.4. The number of hydrogen-bond acceptors (Lipinski definition) is 5. The van der Waals surface area contributed by atoms with Crippen molar-refractivity contribution in [3.8, 4) is 22.3 Å². The van der Waals surface area contributed by atoms with Crippen LogP contribution >= 0.6 is 0 Å². The zero-order chi connectivity index (χ0) is 23.4. The molecule has 170 valence electrons. The van der Waals surface area contributed by atoms with Crippen molar-refractivity contribution >= 4 is 17.5 Å². The van der Waals surface area contributed by atoms with Crippen LogP contribution in [-0.2, 0) is 14.9 Å². The molecule has 0 saturated carbocycles. The number of nitrogens with two attached hydrogens (primary N) is 1. The standard InChI is InChI=1S/C28H26N4O2/c29-27-30-18-23(19-31-27)21-9-11-24(12-10-21)28(13-15-34-16-14-28)26(33)32-25-8-4-7-22(17-25)20-5-2-1-3-6-20/h1-12,17-19H,13-16H2,(H,32,33)(H2,29,30,31). The van der Waals surface area contributed by atoms with Gasteiger partial charge in [-0.15, -0.1) is 0 Å². The molecule has 2 heterocycles. The lowest BCUT2D eigenvalue weighted by Crippen LogP contribution is -2.44. The van der Waals surface area contributed by atoms with Crippen LogP contribution in [0.4, 0.5) is 11.6 Å². The molecule has 0 aliphatic carbocycles. The summed E-state index contributed by atoms with van der Waals surface area (Å²) in [5, 5.41) is 3.19. The number of carbonyl (C=O) groups is 1. The number of rotatable bonds is 5. The number of nitrogen functional groups attached to an aromatic ring is 1. The number of amides is 1. The summed E-state index contributed by atoms with van der Waals surface area (Å²) < 4.78 is 5.62. The van der Waals surface area contributed by atoms with E-state index in [-0.39, 0.29) is 11.9 Å². The SMILES string of the molecule is Nc1ncc(-c2ccc(C3(C(=O)Nc4cccc(-c5ccccc5)c4)CCOCC3)cc2)cn1. The van der Waals surface area contributed by atoms with E-state index in [1.54, 1.807) is 12.4 Å². The van der Waals surface area contributed by atoms with Gasteiger partial charge in [0.05, 0.1) is 5.41 Å². The summed E-state index contributed by atoms with van der Waals surface area (Å²) >= 11 is 0. The molecule has 0 radical (unpaired) electrons. The molecule has 1 saturated heterocycles. The van der Waals surface area contributed by atoms with Gasteiger partial charge in [0.25, 0.3) is 0 Å². The zero-order valence-electron chi connectivity index (χ0n) is 18.8. The highest BCUT2D eigenvalue weighted by atomic mass is 16.5. The lowest BCUT2D eigenvalue weighted by molar-refractivity contribution is -0.125. The topological polar surface area (TPSA) is 90.1 Å². The van der Waals surface area contributed by atoms with Crippen molar-refractivity contribution in [2.45, 2.75) is 18.3 Å². The highest BCUT2D eigenvalue weighted by molar-refractivity contribution is 5.99. The number of anilines is 2. The summed E-state index contributed by atoms with van der Waals surface area (Å²) in [6, 6.07) is 26.2. The molecule has 6 heteroatoms. The van der Waals surface area contributed by atoms with Crippen LogP contribution in [0.25, 0.3) is 22.3 Å². The Morgan fingerprint density at radius 2 is 1.44 bits per heavy atom. The summed E-state index contributed by atoms with van der Waals surface area (Å²) in [4.78, 5) is 21.9. The van der Waals surface area contributed by atoms with Gasteiger partial charge in [0, 0.05) is 36.9 Å². The van der Waals surface area contributed by atoms with Crippen molar-refractivity contribution in [2.75, 3.05) is 24.3 Å². The van der Waals surface area contributed by atoms with Crippen molar-refractivity contribution in [1.82, 2.24) is 9.97 Å². The van der Waals surface area contributed by atoms with E-state index in [1.165, 1.54) is 0 Å². The Balaban J connectivity index is 1.42. The van der Waals surface area contributed by atoms with Crippen molar-refractivity contribution in [1.29, 1.82) is 0 Å². The predicted octanol–water partition coefficient (Wildman–Crippen LogP) is 5.08. The zero-order valence-corrected chi connectivity index (χ0v) is 18.8. The van der Waals surface area contributed by atoms with E-state index in [2.05, 4.69) is 33.5 Å². The molecule has 6 nitrogen and oxygen atoms in total. The lowest BCUT2D eigenvalue weighted by Gasteiger charge is -2.36. The highest BCUT2D eigenvalue weighted by Crippen LogP contribution is 2.37. The Bertz CT molecular complexity index is 1270. The number of aromatic nitrogens is 2. The normalized spacial score (nSPS) is 14.9. The quantitative estimate of drug-likeness (QED) is 0.443. The molecule has 1 fully saturated rings. The number of hydrogen-bond donors (Lipinski definition) is 2. The molecule has 0 unspecified atom stereocenters. The minimum absolute atomic E-state index is 0.00965. The van der Waals surface area contributed by atoms with Crippen molar-refractivity contribution in [3.05, 3.63) is 96.8 Å². The maximum Gasteiger partial charge on any atom is 0.235 e. The number of carbonyl (C=O) groups excluding carboxylic acids is 1. The molecule has 1 aliphatic rings. The average Bonchev–Trinajstić information content (AvgIpc) is 2.90. The predicted molar refractivity (Wildman–Crippen MR) is 134 cm³/mol. The summed E-state index contributed by atoms with van der Waals surface area (Å²) in [6.07, 6.45) is 4.66. The van der Waals surface area contributed by atoms with Gasteiger partial charge >= 0.3 is 0 Å². The Morgan fingerprint density at radius 3 is 2.15 bits per heavy atom. The van der Waals surface area contributed by atoms with Crippen LogP contribution < -0.4 is 11.1 Å². The van der Waals surface area contributed by atoms with E-state index in [1.807, 2.05) is 60.7 Å². The highest BCUT2D eigenvalue weighted by Gasteiger charge is 2.41. The maximum absolute atomic E-state index is 13.7. The van der Waals surface area contributed by atoms with Crippen LogP contribution in [0.2, 0.25) is 0 Å². The fourth-order valence-electron chi connectivity index (χ4n) is 4.49. The molecule has 3 aromatic carbocycles. The molecular formula is C28H26N4O2. The molecule has 0 atom stereocenters. The van der Waals surface area contributed by atoms with Gasteiger partial charge in [-0.1, -0.05) is 66.7 Å². The molecule has 1 amide bonds. The Morgan fingerprint density at radius 1 is 0.794 bits per heavy atom. The fraction of sp³-hybridized carbons (Fsp3) is 0.179. The molecule has 3 N–H and O–H groups in total. The molecule has 4 aromatic rings. The van der Waals surface area contributed by atoms with Gasteiger partial charge in [-0.3, -0.25) is 4.79 Å². The van der Waals surface area contributed by atoms with E-state index in [0.717, 1.165) is 33.5 Å². The van der Waals surface area contributed by atoms with Crippen LogP contribution in [-0.4, -0.2) is 29.1 Å². The first-order chi connectivity index (χ1) is 16.6. The summed E-state index contributed by atoms with van der Waals surface area (Å²) in [5.41, 5.74) is 10.7. The monoisotopic (exact) mass is 450 g/mol. The number of ether oxygens (including phenoxy) is 1. The Labute approximate surface area is 198 Å². The average molecular weight is 451 g/mol. The van der Waals surface area contributed by atoms with Gasteiger partial charge < -0.3 is 15.8 Å². The van der Waals surface area contributed by atoms with Crippen LogP contribution in [0.1, 0.15) is 18.4 Å². The molecule has 5 rings (SSSR count). The van der Waals surface area contributed by atoms with Gasteiger partial charge in [-0.2, -0.15) is 0 Å². The second-order valence-corrected chi connectivity index (χ2v) is 8.50. The first kappa shape index (κ1) is 21.8. The second-order valence-electron chi connectivity index (χ2n) is 8.50. The maximum atomic E-state index is 13.7. The van der Waals surface area contributed by atoms with Crippen molar-refractivity contribution in [2.24, 2.45) is 0 Å². The number of nitrogens with one attached hydrogen (secondary N) is 1. The smallest absolute Gasteiger partial charge is 0.235 e. The van der Waals surface area contributed by atoms with Crippen LogP contribution in [0, 0.1) is 0 Å². The van der Waals surface area contributed by atoms with E-state index in [9.17, 15) is 4.79 Å². The van der Waals surface area contributed by atoms with Crippen LogP contribution in [0.3, 0.4) is 0 Å². The lowest BCUT2D eigenvalue weighted by atomic mass is 9.73. The molecule has 0 spiro atoms. The van der Waals surface area contributed by atoms with Crippen molar-refractivity contribution < 1.29 is 9.53 Å². The third-order valence-corrected chi connectivity index (χ3v) is 6.45. The molecule has 1 aromatic heterocycles. The third-order valence-electron chi connectivity index (χ3n) is 6.45. The van der Waals surface area contributed by atoms with Crippen LogP contribution in [0.15, 0.2) is 91.3 Å². The Kier molecular flexibility index (Phi) is 6.06. The molecule has 34 heavy (non-hydrogen) atoms. The molecule has 1 aliphatic heterocycles. The second kappa shape index (κ2) is 9.45. The summed E-state index contributed by atoms with van der Waals surface area (Å²) in [7, 11) is 0. The number of benzene rings is 3. The molecule has 0 bridgehead atoms. The molecular weight excluding hydrogens is 424 g/mol. The van der Waals surface area contributed by atoms with Gasteiger partial charge in [-0.05, 0) is 47.2 Å². The van der Waals surface area contributed by atoms with E-state index >= 15 is 0 Å². The van der Waals surface area contributed by atoms with Crippen molar-refractivity contribution in [3.63, 3.8) is 0 Å². The third kappa shape index (κ3) is 4.40. The largest absolute Gasteiger partial charge is 0.381 e. The minimum Gasteiger partial charge on any atom is -0.381 e. The first-order valence-corrected chi connectivity index (χ1v) is 11.4. The summed E-state index contributed by atoms with van der Waals surface area (Å²) in [6.45, 7) is 1.09. The van der Waals surface area contributed by atoms with Gasteiger partial charge in [0.1, 0.15) is 0 Å². The number of nitrogens with zero attached hydrogens (tertiary/aromatic N) is 2. The fourth-order valence-corrected chi connectivity index (χ4v) is 4.49. The van der Waals surface area contributed by atoms with E-state index < -0.39 is 5.41 Å².